The molecule has 1 unspecified atom stereocenters. The van der Waals surface area contributed by atoms with E-state index in [0.717, 1.165) is 10.5 Å². The Bertz CT molecular complexity index is 192. The third kappa shape index (κ3) is 11.8. The van der Waals surface area contributed by atoms with Crippen LogP contribution in [0.3, 0.4) is 0 Å². The molecule has 1 nitrogen and oxygen atoms in total. The fourth-order valence-electron chi connectivity index (χ4n) is 3.05. The van der Waals surface area contributed by atoms with Gasteiger partial charge >= 0.3 is 0 Å². The molecule has 0 radical (unpaired) electrons. The fraction of sp³-hybridized carbons (Fsp3) is 1.00. The molecule has 0 rings (SSSR count). The molecule has 0 aliphatic carbocycles. The van der Waals surface area contributed by atoms with Gasteiger partial charge in [-0.2, -0.15) is 0 Å². The van der Waals surface area contributed by atoms with Gasteiger partial charge in [-0.25, -0.2) is 0 Å². The highest BCUT2D eigenvalue weighted by Crippen LogP contribution is 2.19. The summed E-state index contributed by atoms with van der Waals surface area (Å²) in [6, 6.07) is 0.875. The molecule has 122 valence electrons. The molecule has 0 aliphatic heterocycles. The molecule has 0 heterocycles. The highest BCUT2D eigenvalue weighted by molar-refractivity contribution is 4.59. The van der Waals surface area contributed by atoms with E-state index in [-0.39, 0.29) is 0 Å². The average molecular weight is 285 g/mol. The van der Waals surface area contributed by atoms with Crippen LogP contribution in [0, 0.1) is 0 Å². The van der Waals surface area contributed by atoms with Gasteiger partial charge in [0, 0.05) is 0 Å². The van der Waals surface area contributed by atoms with Crippen LogP contribution in [-0.2, 0) is 0 Å². The summed E-state index contributed by atoms with van der Waals surface area (Å²) in [7, 11) is 7.11. The van der Waals surface area contributed by atoms with Crippen molar-refractivity contribution in [1.82, 2.24) is 0 Å². The quantitative estimate of drug-likeness (QED) is 0.264. The predicted octanol–water partition coefficient (Wildman–Crippen LogP) is 6.17. The van der Waals surface area contributed by atoms with Gasteiger partial charge < -0.3 is 4.48 Å². The zero-order valence-electron chi connectivity index (χ0n) is 15.2. The Labute approximate surface area is 129 Å². The zero-order valence-corrected chi connectivity index (χ0v) is 15.2. The molecule has 0 saturated heterocycles. The largest absolute Gasteiger partial charge is 0.328 e. The Kier molecular flexibility index (Phi) is 12.7. The fourth-order valence-corrected chi connectivity index (χ4v) is 3.05. The lowest BCUT2D eigenvalue weighted by Gasteiger charge is -2.34. The van der Waals surface area contributed by atoms with E-state index in [9.17, 15) is 0 Å². The first-order chi connectivity index (χ1) is 9.52. The number of nitrogens with zero attached hydrogens (tertiary/aromatic N) is 1. The van der Waals surface area contributed by atoms with Gasteiger partial charge in [0.1, 0.15) is 0 Å². The first-order valence-electron chi connectivity index (χ1n) is 9.33. The lowest BCUT2D eigenvalue weighted by Crippen LogP contribution is -2.45. The Hall–Kier alpha value is -0.0400. The molecule has 0 saturated carbocycles. The molecule has 1 heteroatoms. The second-order valence-electron chi connectivity index (χ2n) is 7.53. The van der Waals surface area contributed by atoms with Crippen LogP contribution in [0.1, 0.15) is 97.3 Å². The molecule has 0 aromatic carbocycles. The zero-order chi connectivity index (χ0) is 15.3. The van der Waals surface area contributed by atoms with Crippen molar-refractivity contribution in [2.45, 2.75) is 103 Å². The van der Waals surface area contributed by atoms with Gasteiger partial charge in [-0.05, 0) is 25.7 Å². The van der Waals surface area contributed by atoms with Gasteiger partial charge in [-0.3, -0.25) is 0 Å². The van der Waals surface area contributed by atoms with Crippen molar-refractivity contribution >= 4 is 0 Å². The summed E-state index contributed by atoms with van der Waals surface area (Å²) < 4.78 is 1.15. The molecule has 0 aromatic rings. The summed E-state index contributed by atoms with van der Waals surface area (Å²) in [6.07, 6.45) is 18.6. The number of quaternary nitrogens is 1. The third-order valence-electron chi connectivity index (χ3n) is 4.63. The van der Waals surface area contributed by atoms with Crippen molar-refractivity contribution in [2.75, 3.05) is 21.1 Å². The Morgan fingerprint density at radius 3 is 1.40 bits per heavy atom. The Morgan fingerprint density at radius 1 is 0.550 bits per heavy atom. The van der Waals surface area contributed by atoms with E-state index >= 15 is 0 Å². The third-order valence-corrected chi connectivity index (χ3v) is 4.63. The summed E-state index contributed by atoms with van der Waals surface area (Å²) >= 11 is 0. The van der Waals surface area contributed by atoms with E-state index in [1.807, 2.05) is 0 Å². The maximum atomic E-state index is 2.37. The summed E-state index contributed by atoms with van der Waals surface area (Å²) in [4.78, 5) is 0. The second kappa shape index (κ2) is 12.7. The standard InChI is InChI=1S/C19H42N/c1-6-8-10-11-12-13-14-15-16-18-19(17-9-7-2)20(3,4)5/h19H,6-18H2,1-5H3/q+1. The molecule has 20 heavy (non-hydrogen) atoms. The summed E-state index contributed by atoms with van der Waals surface area (Å²) in [5.74, 6) is 0. The predicted molar refractivity (Wildman–Crippen MR) is 93.2 cm³/mol. The maximum Gasteiger partial charge on any atom is 0.0884 e. The molecule has 0 fully saturated rings. The van der Waals surface area contributed by atoms with Crippen LogP contribution in [0.5, 0.6) is 0 Å². The SMILES string of the molecule is CCCCCCCCCCCC(CCCC)[N+](C)(C)C. The van der Waals surface area contributed by atoms with Crippen LogP contribution in [-0.4, -0.2) is 31.7 Å². The first-order valence-corrected chi connectivity index (χ1v) is 9.33. The highest BCUT2D eigenvalue weighted by Gasteiger charge is 2.22. The normalized spacial score (nSPS) is 13.7. The molecule has 0 aliphatic rings. The van der Waals surface area contributed by atoms with Gasteiger partial charge in [0.2, 0.25) is 0 Å². The van der Waals surface area contributed by atoms with Crippen molar-refractivity contribution in [3.05, 3.63) is 0 Å². The van der Waals surface area contributed by atoms with Crippen LogP contribution >= 0.6 is 0 Å². The molecular formula is C19H42N+. The van der Waals surface area contributed by atoms with Crippen molar-refractivity contribution in [3.8, 4) is 0 Å². The van der Waals surface area contributed by atoms with E-state index in [2.05, 4.69) is 35.0 Å². The lowest BCUT2D eigenvalue weighted by molar-refractivity contribution is -0.896. The monoisotopic (exact) mass is 284 g/mol. The van der Waals surface area contributed by atoms with E-state index in [1.54, 1.807) is 0 Å². The lowest BCUT2D eigenvalue weighted by atomic mass is 9.99. The molecule has 0 bridgehead atoms. The van der Waals surface area contributed by atoms with E-state index in [4.69, 9.17) is 0 Å². The number of unbranched alkanes of at least 4 members (excludes halogenated alkanes) is 9. The van der Waals surface area contributed by atoms with Crippen molar-refractivity contribution in [1.29, 1.82) is 0 Å². The molecule has 0 amide bonds. The summed E-state index contributed by atoms with van der Waals surface area (Å²) in [5, 5.41) is 0. The molecular weight excluding hydrogens is 242 g/mol. The van der Waals surface area contributed by atoms with Crippen molar-refractivity contribution in [2.24, 2.45) is 0 Å². The highest BCUT2D eigenvalue weighted by atomic mass is 15.3. The van der Waals surface area contributed by atoms with E-state index in [1.165, 1.54) is 83.5 Å². The van der Waals surface area contributed by atoms with Gasteiger partial charge in [0.05, 0.1) is 27.2 Å². The number of hydrogen-bond acceptors (Lipinski definition) is 0. The van der Waals surface area contributed by atoms with Gasteiger partial charge in [0.25, 0.3) is 0 Å². The Balaban J connectivity index is 3.54. The van der Waals surface area contributed by atoms with E-state index < -0.39 is 0 Å². The second-order valence-corrected chi connectivity index (χ2v) is 7.53. The topological polar surface area (TPSA) is 0 Å². The minimum Gasteiger partial charge on any atom is -0.328 e. The summed E-state index contributed by atoms with van der Waals surface area (Å²) in [6.45, 7) is 4.61. The van der Waals surface area contributed by atoms with Crippen LogP contribution < -0.4 is 0 Å². The van der Waals surface area contributed by atoms with Crippen LogP contribution in [0.4, 0.5) is 0 Å². The molecule has 0 aromatic heterocycles. The minimum atomic E-state index is 0.875. The smallest absolute Gasteiger partial charge is 0.0884 e. The molecule has 0 N–H and O–H groups in total. The molecule has 0 spiro atoms. The number of hydrogen-bond donors (Lipinski definition) is 0. The first kappa shape index (κ1) is 20.0. The maximum absolute atomic E-state index is 2.37. The van der Waals surface area contributed by atoms with Gasteiger partial charge in [-0.1, -0.05) is 71.6 Å². The summed E-state index contributed by atoms with van der Waals surface area (Å²) in [5.41, 5.74) is 0. The van der Waals surface area contributed by atoms with Crippen LogP contribution in [0.15, 0.2) is 0 Å². The van der Waals surface area contributed by atoms with Crippen molar-refractivity contribution < 1.29 is 4.48 Å². The Morgan fingerprint density at radius 2 is 0.950 bits per heavy atom. The van der Waals surface area contributed by atoms with E-state index in [0.29, 0.717) is 0 Å². The van der Waals surface area contributed by atoms with Crippen LogP contribution in [0.25, 0.3) is 0 Å². The van der Waals surface area contributed by atoms with Crippen molar-refractivity contribution in [3.63, 3.8) is 0 Å². The van der Waals surface area contributed by atoms with Gasteiger partial charge in [0.15, 0.2) is 0 Å². The number of rotatable bonds is 14. The minimum absolute atomic E-state index is 0.875. The van der Waals surface area contributed by atoms with Crippen LogP contribution in [0.2, 0.25) is 0 Å². The van der Waals surface area contributed by atoms with Gasteiger partial charge in [-0.15, -0.1) is 0 Å². The average Bonchev–Trinajstić information content (AvgIpc) is 2.38. The molecule has 1 atom stereocenters.